The van der Waals surface area contributed by atoms with E-state index in [-0.39, 0.29) is 5.91 Å². The van der Waals surface area contributed by atoms with Gasteiger partial charge in [0.25, 0.3) is 0 Å². The van der Waals surface area contributed by atoms with Crippen molar-refractivity contribution in [2.24, 2.45) is 0 Å². The van der Waals surface area contributed by atoms with Crippen LogP contribution in [0.3, 0.4) is 0 Å². The van der Waals surface area contributed by atoms with E-state index in [0.717, 1.165) is 32.0 Å². The maximum atomic E-state index is 12.2. The predicted octanol–water partition coefficient (Wildman–Crippen LogP) is 0.111. The van der Waals surface area contributed by atoms with Crippen LogP contribution >= 0.6 is 11.6 Å². The van der Waals surface area contributed by atoms with E-state index in [9.17, 15) is 4.79 Å². The van der Waals surface area contributed by atoms with E-state index in [1.165, 1.54) is 6.20 Å². The van der Waals surface area contributed by atoms with Crippen molar-refractivity contribution in [3.63, 3.8) is 0 Å². The number of rotatable bonds is 3. The van der Waals surface area contributed by atoms with Gasteiger partial charge in [0.2, 0.25) is 5.91 Å². The molecule has 3 rings (SSSR count). The summed E-state index contributed by atoms with van der Waals surface area (Å²) in [5.41, 5.74) is 0. The fourth-order valence-corrected chi connectivity index (χ4v) is 2.87. The molecule has 3 heterocycles. The second kappa shape index (κ2) is 7.21. The Bertz CT molecular complexity index is 516. The third-order valence-electron chi connectivity index (χ3n) is 4.01. The third-order valence-corrected chi connectivity index (χ3v) is 4.19. The highest BCUT2D eigenvalue weighted by Gasteiger charge is 2.23. The van der Waals surface area contributed by atoms with Crippen LogP contribution in [0.25, 0.3) is 0 Å². The minimum atomic E-state index is 0.194. The zero-order valence-electron chi connectivity index (χ0n) is 12.4. The number of carbonyl (C=O) groups excluding carboxylic acids is 1. The van der Waals surface area contributed by atoms with Crippen LogP contribution in [0.2, 0.25) is 5.15 Å². The van der Waals surface area contributed by atoms with E-state index in [0.29, 0.717) is 38.0 Å². The maximum absolute atomic E-state index is 12.2. The summed E-state index contributed by atoms with van der Waals surface area (Å²) in [6.45, 7) is 6.51. The molecule has 8 heteroatoms. The fraction of sp³-hybridized carbons (Fsp3) is 0.643. The van der Waals surface area contributed by atoms with Gasteiger partial charge in [0.1, 0.15) is 11.0 Å². The topological polar surface area (TPSA) is 61.8 Å². The van der Waals surface area contributed by atoms with Crippen molar-refractivity contribution in [2.75, 3.05) is 63.9 Å². The summed E-state index contributed by atoms with van der Waals surface area (Å²) >= 11 is 5.88. The van der Waals surface area contributed by atoms with Gasteiger partial charge in [0.15, 0.2) is 0 Å². The van der Waals surface area contributed by atoms with Gasteiger partial charge in [-0.1, -0.05) is 11.6 Å². The molecule has 1 amide bonds. The summed E-state index contributed by atoms with van der Waals surface area (Å²) < 4.78 is 5.27. The molecule has 0 N–H and O–H groups in total. The third kappa shape index (κ3) is 3.85. The number of piperazine rings is 1. The lowest BCUT2D eigenvalue weighted by Gasteiger charge is -2.36. The van der Waals surface area contributed by atoms with Gasteiger partial charge >= 0.3 is 0 Å². The van der Waals surface area contributed by atoms with Crippen LogP contribution in [0.1, 0.15) is 0 Å². The summed E-state index contributed by atoms with van der Waals surface area (Å²) in [5, 5.41) is 0.405. The molecular weight excluding hydrogens is 306 g/mol. The Balaban J connectivity index is 1.48. The first-order valence-corrected chi connectivity index (χ1v) is 7.90. The Morgan fingerprint density at radius 3 is 2.55 bits per heavy atom. The highest BCUT2D eigenvalue weighted by Crippen LogP contribution is 2.15. The van der Waals surface area contributed by atoms with Crippen molar-refractivity contribution in [1.82, 2.24) is 19.8 Å². The number of halogens is 1. The predicted molar refractivity (Wildman–Crippen MR) is 83.1 cm³/mol. The number of nitrogens with zero attached hydrogens (tertiary/aromatic N) is 5. The fourth-order valence-electron chi connectivity index (χ4n) is 2.72. The molecule has 0 unspecified atom stereocenters. The normalized spacial score (nSPS) is 20.2. The van der Waals surface area contributed by atoms with Crippen molar-refractivity contribution < 1.29 is 9.53 Å². The first-order chi connectivity index (χ1) is 10.7. The molecule has 0 aliphatic carbocycles. The molecule has 2 saturated heterocycles. The molecule has 0 spiro atoms. The van der Waals surface area contributed by atoms with Crippen LogP contribution in [-0.2, 0) is 9.53 Å². The summed E-state index contributed by atoms with van der Waals surface area (Å²) in [6.07, 6.45) is 3.25. The van der Waals surface area contributed by atoms with Crippen LogP contribution in [0.4, 0.5) is 5.82 Å². The number of carbonyl (C=O) groups is 1. The molecule has 120 valence electrons. The SMILES string of the molecule is O=C(CN1CCN(c2cncc(Cl)n2)CC1)N1CCOCC1. The molecule has 2 aliphatic heterocycles. The molecule has 22 heavy (non-hydrogen) atoms. The first kappa shape index (κ1) is 15.5. The lowest BCUT2D eigenvalue weighted by atomic mass is 10.3. The van der Waals surface area contributed by atoms with Gasteiger partial charge in [-0.2, -0.15) is 0 Å². The number of ether oxygens (including phenoxy) is 1. The van der Waals surface area contributed by atoms with Gasteiger partial charge < -0.3 is 14.5 Å². The number of morpholine rings is 1. The Hall–Kier alpha value is -1.44. The first-order valence-electron chi connectivity index (χ1n) is 7.53. The van der Waals surface area contributed by atoms with Crippen molar-refractivity contribution >= 4 is 23.3 Å². The Morgan fingerprint density at radius 2 is 1.86 bits per heavy atom. The van der Waals surface area contributed by atoms with E-state index in [1.54, 1.807) is 6.20 Å². The second-order valence-electron chi connectivity index (χ2n) is 5.46. The Labute approximate surface area is 134 Å². The monoisotopic (exact) mass is 325 g/mol. The molecule has 0 bridgehead atoms. The van der Waals surface area contributed by atoms with E-state index in [1.807, 2.05) is 4.90 Å². The maximum Gasteiger partial charge on any atom is 0.236 e. The highest BCUT2D eigenvalue weighted by atomic mass is 35.5. The highest BCUT2D eigenvalue weighted by molar-refractivity contribution is 6.29. The molecule has 1 aromatic rings. The van der Waals surface area contributed by atoms with Crippen LogP contribution in [0.15, 0.2) is 12.4 Å². The number of hydrogen-bond acceptors (Lipinski definition) is 6. The van der Waals surface area contributed by atoms with Crippen molar-refractivity contribution in [1.29, 1.82) is 0 Å². The lowest BCUT2D eigenvalue weighted by Crippen LogP contribution is -2.51. The van der Waals surface area contributed by atoms with Gasteiger partial charge in [-0.15, -0.1) is 0 Å². The summed E-state index contributed by atoms with van der Waals surface area (Å²) in [6, 6.07) is 0. The summed E-state index contributed by atoms with van der Waals surface area (Å²) in [7, 11) is 0. The van der Waals surface area contributed by atoms with Gasteiger partial charge in [-0.05, 0) is 0 Å². The smallest absolute Gasteiger partial charge is 0.236 e. The molecule has 7 nitrogen and oxygen atoms in total. The number of hydrogen-bond donors (Lipinski definition) is 0. The number of aromatic nitrogens is 2. The molecule has 0 aromatic carbocycles. The number of amides is 1. The van der Waals surface area contributed by atoms with Crippen LogP contribution < -0.4 is 4.90 Å². The van der Waals surface area contributed by atoms with Gasteiger partial charge in [0.05, 0.1) is 32.2 Å². The minimum Gasteiger partial charge on any atom is -0.378 e. The quantitative estimate of drug-likeness (QED) is 0.786. The van der Waals surface area contributed by atoms with E-state index in [2.05, 4.69) is 19.8 Å². The number of anilines is 1. The summed E-state index contributed by atoms with van der Waals surface area (Å²) in [4.78, 5) is 26.8. The molecule has 1 aromatic heterocycles. The Morgan fingerprint density at radius 1 is 1.14 bits per heavy atom. The summed E-state index contributed by atoms with van der Waals surface area (Å²) in [5.74, 6) is 0.992. The van der Waals surface area contributed by atoms with Crippen molar-refractivity contribution in [3.05, 3.63) is 17.5 Å². The zero-order valence-corrected chi connectivity index (χ0v) is 13.2. The van der Waals surface area contributed by atoms with Crippen LogP contribution in [-0.4, -0.2) is 84.7 Å². The van der Waals surface area contributed by atoms with E-state index < -0.39 is 0 Å². The van der Waals surface area contributed by atoms with E-state index in [4.69, 9.17) is 16.3 Å². The van der Waals surface area contributed by atoms with Gasteiger partial charge in [-0.3, -0.25) is 14.7 Å². The molecule has 2 fully saturated rings. The molecule has 0 radical (unpaired) electrons. The van der Waals surface area contributed by atoms with Crippen LogP contribution in [0.5, 0.6) is 0 Å². The largest absolute Gasteiger partial charge is 0.378 e. The second-order valence-corrected chi connectivity index (χ2v) is 5.84. The molecule has 0 saturated carbocycles. The molecule has 0 atom stereocenters. The minimum absolute atomic E-state index is 0.194. The zero-order chi connectivity index (χ0) is 15.4. The molecular formula is C14H20ClN5O2. The average molecular weight is 326 g/mol. The average Bonchev–Trinajstić information content (AvgIpc) is 2.56. The van der Waals surface area contributed by atoms with Crippen molar-refractivity contribution in [3.8, 4) is 0 Å². The van der Waals surface area contributed by atoms with Crippen LogP contribution in [0, 0.1) is 0 Å². The van der Waals surface area contributed by atoms with Gasteiger partial charge in [0, 0.05) is 39.3 Å². The Kier molecular flexibility index (Phi) is 5.07. The standard InChI is InChI=1S/C14H20ClN5O2/c15-12-9-16-10-13(17-12)19-3-1-18(2-4-19)11-14(21)20-5-7-22-8-6-20/h9-10H,1-8,11H2. The van der Waals surface area contributed by atoms with Crippen molar-refractivity contribution in [2.45, 2.75) is 0 Å². The van der Waals surface area contributed by atoms with E-state index >= 15 is 0 Å². The van der Waals surface area contributed by atoms with Gasteiger partial charge in [-0.25, -0.2) is 4.98 Å². The lowest BCUT2D eigenvalue weighted by molar-refractivity contribution is -0.136. The molecule has 2 aliphatic rings.